The van der Waals surface area contributed by atoms with Crippen LogP contribution in [0.15, 0.2) is 30.3 Å². The smallest absolute Gasteiger partial charge is 0.261 e. The molecule has 2 rings (SSSR count). The Balaban J connectivity index is 2.24. The van der Waals surface area contributed by atoms with Gasteiger partial charge in [0, 0.05) is 10.9 Å². The molecule has 0 saturated heterocycles. The highest BCUT2D eigenvalue weighted by molar-refractivity contribution is 7.14. The van der Waals surface area contributed by atoms with Crippen molar-refractivity contribution in [2.75, 3.05) is 7.11 Å². The fraction of sp³-hybridized carbons (Fsp3) is 0.353. The first kappa shape index (κ1) is 15.6. The molecular formula is C17H21NO2S. The van der Waals surface area contributed by atoms with Gasteiger partial charge in [-0.2, -0.15) is 0 Å². The summed E-state index contributed by atoms with van der Waals surface area (Å²) >= 11 is 1.54. The lowest BCUT2D eigenvalue weighted by Crippen LogP contribution is -2.31. The van der Waals surface area contributed by atoms with E-state index in [0.29, 0.717) is 0 Å². The molecule has 4 heteroatoms. The molecule has 0 fully saturated rings. The van der Waals surface area contributed by atoms with Crippen LogP contribution >= 0.6 is 11.3 Å². The molecular weight excluding hydrogens is 282 g/mol. The number of aryl methyl sites for hydroxylation is 1. The van der Waals surface area contributed by atoms with E-state index in [1.54, 1.807) is 7.11 Å². The molecule has 1 amide bonds. The van der Waals surface area contributed by atoms with E-state index in [1.165, 1.54) is 11.3 Å². The van der Waals surface area contributed by atoms with Gasteiger partial charge in [-0.25, -0.2) is 0 Å². The Kier molecular flexibility index (Phi) is 5.02. The van der Waals surface area contributed by atoms with Crippen molar-refractivity contribution >= 4 is 17.2 Å². The van der Waals surface area contributed by atoms with E-state index < -0.39 is 0 Å². The molecule has 0 bridgehead atoms. The maximum absolute atomic E-state index is 12.2. The molecule has 1 unspecified atom stereocenters. The molecule has 112 valence electrons. The van der Waals surface area contributed by atoms with Crippen molar-refractivity contribution < 1.29 is 9.53 Å². The number of amides is 1. The predicted octanol–water partition coefficient (Wildman–Crippen LogP) is 4.26. The Morgan fingerprint density at radius 2 is 2.00 bits per heavy atom. The molecule has 1 aromatic carbocycles. The lowest BCUT2D eigenvalue weighted by molar-refractivity contribution is 0.0943. The predicted molar refractivity (Wildman–Crippen MR) is 88.3 cm³/mol. The van der Waals surface area contributed by atoms with Gasteiger partial charge < -0.3 is 10.1 Å². The third kappa shape index (κ3) is 3.64. The molecule has 0 aliphatic carbocycles. The second-order valence-electron chi connectivity index (χ2n) is 5.09. The molecule has 0 aliphatic heterocycles. The van der Waals surface area contributed by atoms with Crippen LogP contribution in [0, 0.1) is 6.92 Å². The molecule has 21 heavy (non-hydrogen) atoms. The second-order valence-corrected chi connectivity index (χ2v) is 6.35. The van der Waals surface area contributed by atoms with E-state index in [9.17, 15) is 4.79 Å². The average Bonchev–Trinajstić information content (AvgIpc) is 2.89. The number of hydrogen-bond donors (Lipinski definition) is 1. The summed E-state index contributed by atoms with van der Waals surface area (Å²) in [7, 11) is 1.65. The van der Waals surface area contributed by atoms with Crippen molar-refractivity contribution in [3.05, 3.63) is 40.1 Å². The fourth-order valence-corrected chi connectivity index (χ4v) is 2.99. The van der Waals surface area contributed by atoms with Gasteiger partial charge in [0.25, 0.3) is 5.91 Å². The first-order valence-electron chi connectivity index (χ1n) is 7.10. The number of hydrogen-bond acceptors (Lipinski definition) is 3. The zero-order valence-corrected chi connectivity index (χ0v) is 13.7. The summed E-state index contributed by atoms with van der Waals surface area (Å²) in [6.07, 6.45) is 0.932. The zero-order chi connectivity index (χ0) is 15.4. The highest BCUT2D eigenvalue weighted by atomic mass is 32.1. The van der Waals surface area contributed by atoms with Crippen LogP contribution in [0.2, 0.25) is 0 Å². The van der Waals surface area contributed by atoms with Crippen LogP contribution in [-0.4, -0.2) is 19.1 Å². The van der Waals surface area contributed by atoms with Crippen molar-refractivity contribution in [3.8, 4) is 16.9 Å². The van der Waals surface area contributed by atoms with E-state index in [2.05, 4.69) is 12.2 Å². The minimum absolute atomic E-state index is 0.0113. The van der Waals surface area contributed by atoms with Gasteiger partial charge in [0.1, 0.15) is 5.75 Å². The van der Waals surface area contributed by atoms with Crippen LogP contribution < -0.4 is 10.1 Å². The highest BCUT2D eigenvalue weighted by Crippen LogP contribution is 2.32. The van der Waals surface area contributed by atoms with Crippen molar-refractivity contribution in [3.63, 3.8) is 0 Å². The summed E-state index contributed by atoms with van der Waals surface area (Å²) < 4.78 is 5.17. The van der Waals surface area contributed by atoms with Gasteiger partial charge in [0.05, 0.1) is 12.0 Å². The largest absolute Gasteiger partial charge is 0.497 e. The lowest BCUT2D eigenvalue weighted by Gasteiger charge is -2.09. The van der Waals surface area contributed by atoms with Crippen LogP contribution in [0.4, 0.5) is 0 Å². The number of thiophene rings is 1. The Morgan fingerprint density at radius 1 is 1.33 bits per heavy atom. The third-order valence-electron chi connectivity index (χ3n) is 3.53. The van der Waals surface area contributed by atoms with Gasteiger partial charge in [0.15, 0.2) is 0 Å². The number of nitrogens with one attached hydrogen (secondary N) is 1. The van der Waals surface area contributed by atoms with Crippen molar-refractivity contribution in [1.82, 2.24) is 5.32 Å². The lowest BCUT2D eigenvalue weighted by atomic mass is 10.1. The van der Waals surface area contributed by atoms with Gasteiger partial charge in [-0.3, -0.25) is 4.79 Å². The van der Waals surface area contributed by atoms with Crippen molar-refractivity contribution in [1.29, 1.82) is 0 Å². The normalized spacial score (nSPS) is 12.0. The molecule has 0 radical (unpaired) electrons. The summed E-state index contributed by atoms with van der Waals surface area (Å²) in [4.78, 5) is 14.1. The quantitative estimate of drug-likeness (QED) is 0.896. The first-order valence-corrected chi connectivity index (χ1v) is 7.92. The first-order chi connectivity index (χ1) is 10.0. The van der Waals surface area contributed by atoms with E-state index in [1.807, 2.05) is 44.2 Å². The topological polar surface area (TPSA) is 38.3 Å². The summed E-state index contributed by atoms with van der Waals surface area (Å²) in [5.41, 5.74) is 2.21. The number of methoxy groups -OCH3 is 1. The summed E-state index contributed by atoms with van der Waals surface area (Å²) in [6.45, 7) is 6.13. The van der Waals surface area contributed by atoms with Crippen LogP contribution in [0.25, 0.3) is 11.1 Å². The standard InChI is InChI=1S/C17H21NO2S/c1-5-11(2)18-17(19)16-10-15(12(3)21-16)13-6-8-14(20-4)9-7-13/h6-11H,5H2,1-4H3,(H,18,19). The molecule has 1 atom stereocenters. The van der Waals surface area contributed by atoms with Crippen molar-refractivity contribution in [2.24, 2.45) is 0 Å². The number of benzene rings is 1. The van der Waals surface area contributed by atoms with Gasteiger partial charge in [0.2, 0.25) is 0 Å². The third-order valence-corrected chi connectivity index (χ3v) is 4.58. The minimum Gasteiger partial charge on any atom is -0.497 e. The molecule has 1 heterocycles. The highest BCUT2D eigenvalue weighted by Gasteiger charge is 2.14. The maximum Gasteiger partial charge on any atom is 0.261 e. The maximum atomic E-state index is 12.2. The number of ether oxygens (including phenoxy) is 1. The molecule has 2 aromatic rings. The van der Waals surface area contributed by atoms with Gasteiger partial charge in [-0.1, -0.05) is 19.1 Å². The van der Waals surface area contributed by atoms with Gasteiger partial charge in [-0.15, -0.1) is 11.3 Å². The van der Waals surface area contributed by atoms with Gasteiger partial charge in [-0.05, 0) is 49.6 Å². The SMILES string of the molecule is CCC(C)NC(=O)c1cc(-c2ccc(OC)cc2)c(C)s1. The van der Waals surface area contributed by atoms with Crippen LogP contribution in [0.1, 0.15) is 34.8 Å². The Hall–Kier alpha value is -1.81. The van der Waals surface area contributed by atoms with E-state index >= 15 is 0 Å². The van der Waals surface area contributed by atoms with Crippen LogP contribution in [-0.2, 0) is 0 Å². The van der Waals surface area contributed by atoms with E-state index in [0.717, 1.165) is 33.1 Å². The van der Waals surface area contributed by atoms with Gasteiger partial charge >= 0.3 is 0 Å². The Labute approximate surface area is 130 Å². The zero-order valence-electron chi connectivity index (χ0n) is 12.9. The Bertz CT molecular complexity index is 616. The summed E-state index contributed by atoms with van der Waals surface area (Å²) in [6, 6.07) is 10.1. The molecule has 0 aliphatic rings. The van der Waals surface area contributed by atoms with Crippen LogP contribution in [0.5, 0.6) is 5.75 Å². The molecule has 0 saturated carbocycles. The summed E-state index contributed by atoms with van der Waals surface area (Å²) in [5.74, 6) is 0.846. The monoisotopic (exact) mass is 303 g/mol. The van der Waals surface area contributed by atoms with Crippen molar-refractivity contribution in [2.45, 2.75) is 33.2 Å². The molecule has 1 N–H and O–H groups in total. The second kappa shape index (κ2) is 6.76. The minimum atomic E-state index is 0.0113. The number of carbonyl (C=O) groups excluding carboxylic acids is 1. The van der Waals surface area contributed by atoms with E-state index in [-0.39, 0.29) is 11.9 Å². The number of rotatable bonds is 5. The van der Waals surface area contributed by atoms with Crippen LogP contribution in [0.3, 0.4) is 0 Å². The molecule has 0 spiro atoms. The molecule has 3 nitrogen and oxygen atoms in total. The summed E-state index contributed by atoms with van der Waals surface area (Å²) in [5, 5.41) is 3.01. The number of carbonyl (C=O) groups is 1. The fourth-order valence-electron chi connectivity index (χ4n) is 2.05. The average molecular weight is 303 g/mol. The van der Waals surface area contributed by atoms with E-state index in [4.69, 9.17) is 4.74 Å². The Morgan fingerprint density at radius 3 is 2.57 bits per heavy atom. The molecule has 1 aromatic heterocycles.